The van der Waals surface area contributed by atoms with E-state index in [1.807, 2.05) is 0 Å². The Bertz CT molecular complexity index is 269. The van der Waals surface area contributed by atoms with E-state index in [9.17, 15) is 0 Å². The summed E-state index contributed by atoms with van der Waals surface area (Å²) in [6.07, 6.45) is 2.08. The van der Waals surface area contributed by atoms with Crippen LogP contribution in [0.2, 0.25) is 0 Å². The second-order valence-electron chi connectivity index (χ2n) is 3.76. The third-order valence-corrected chi connectivity index (χ3v) is 2.78. The average molecular weight is 215 g/mol. The quantitative estimate of drug-likeness (QED) is 0.611. The highest BCUT2D eigenvalue weighted by atomic mass is 35.5. The SMILES string of the molecule is CC1C=C(Cl)C(N2CCOCC2)=NC1. The monoisotopic (exact) mass is 214 g/mol. The van der Waals surface area contributed by atoms with Crippen molar-refractivity contribution in [3.8, 4) is 0 Å². The zero-order chi connectivity index (χ0) is 9.97. The Hall–Kier alpha value is -0.540. The Morgan fingerprint density at radius 3 is 2.86 bits per heavy atom. The topological polar surface area (TPSA) is 24.8 Å². The van der Waals surface area contributed by atoms with Crippen LogP contribution in [0.1, 0.15) is 6.92 Å². The number of hydrogen-bond acceptors (Lipinski definition) is 3. The van der Waals surface area contributed by atoms with Gasteiger partial charge in [0, 0.05) is 19.6 Å². The van der Waals surface area contributed by atoms with Gasteiger partial charge in [-0.1, -0.05) is 24.6 Å². The zero-order valence-corrected chi connectivity index (χ0v) is 9.13. The van der Waals surface area contributed by atoms with Crippen LogP contribution in [0.15, 0.2) is 16.1 Å². The maximum absolute atomic E-state index is 6.16. The molecule has 2 rings (SSSR count). The molecule has 0 spiro atoms. The smallest absolute Gasteiger partial charge is 0.142 e. The lowest BCUT2D eigenvalue weighted by atomic mass is 10.1. The molecule has 1 saturated heterocycles. The van der Waals surface area contributed by atoms with E-state index in [-0.39, 0.29) is 0 Å². The molecule has 2 heterocycles. The number of aliphatic imine (C=N–C) groups is 1. The summed E-state index contributed by atoms with van der Waals surface area (Å²) in [5.74, 6) is 1.42. The molecule has 0 saturated carbocycles. The van der Waals surface area contributed by atoms with Gasteiger partial charge in [-0.15, -0.1) is 0 Å². The molecule has 14 heavy (non-hydrogen) atoms. The van der Waals surface area contributed by atoms with Crippen LogP contribution in [-0.4, -0.2) is 43.6 Å². The Labute approximate surface area is 89.4 Å². The van der Waals surface area contributed by atoms with Gasteiger partial charge in [0.25, 0.3) is 0 Å². The minimum Gasteiger partial charge on any atom is -0.378 e. The molecule has 1 unspecified atom stereocenters. The first-order valence-electron chi connectivity index (χ1n) is 5.02. The third-order valence-electron chi connectivity index (χ3n) is 2.48. The summed E-state index contributed by atoms with van der Waals surface area (Å²) < 4.78 is 5.29. The standard InChI is InChI=1S/C10H15ClN2O/c1-8-6-9(11)10(12-7-8)13-2-4-14-5-3-13/h6,8H,2-5,7H2,1H3. The van der Waals surface area contributed by atoms with Crippen molar-refractivity contribution in [1.82, 2.24) is 4.90 Å². The molecule has 1 atom stereocenters. The van der Waals surface area contributed by atoms with E-state index in [2.05, 4.69) is 22.9 Å². The van der Waals surface area contributed by atoms with E-state index in [4.69, 9.17) is 16.3 Å². The third kappa shape index (κ3) is 2.10. The zero-order valence-electron chi connectivity index (χ0n) is 8.37. The number of hydrogen-bond donors (Lipinski definition) is 0. The van der Waals surface area contributed by atoms with Crippen molar-refractivity contribution in [2.45, 2.75) is 6.92 Å². The van der Waals surface area contributed by atoms with Crippen molar-refractivity contribution < 1.29 is 4.74 Å². The number of dihydropyridines is 1. The number of ether oxygens (including phenoxy) is 1. The number of morpholine rings is 1. The lowest BCUT2D eigenvalue weighted by molar-refractivity contribution is 0.0681. The van der Waals surface area contributed by atoms with Gasteiger partial charge in [-0.3, -0.25) is 4.99 Å². The van der Waals surface area contributed by atoms with Crippen molar-refractivity contribution in [3.05, 3.63) is 11.1 Å². The summed E-state index contributed by atoms with van der Waals surface area (Å²) in [4.78, 5) is 6.70. The van der Waals surface area contributed by atoms with Gasteiger partial charge in [0.15, 0.2) is 0 Å². The van der Waals surface area contributed by atoms with Gasteiger partial charge in [-0.05, 0) is 5.92 Å². The second kappa shape index (κ2) is 4.32. The number of amidine groups is 1. The Kier molecular flexibility index (Phi) is 3.08. The fourth-order valence-corrected chi connectivity index (χ4v) is 2.10. The van der Waals surface area contributed by atoms with E-state index in [1.54, 1.807) is 0 Å². The van der Waals surface area contributed by atoms with Gasteiger partial charge in [0.1, 0.15) is 5.84 Å². The van der Waals surface area contributed by atoms with Crippen LogP contribution >= 0.6 is 11.6 Å². The maximum Gasteiger partial charge on any atom is 0.142 e. The van der Waals surface area contributed by atoms with Crippen LogP contribution < -0.4 is 0 Å². The molecule has 0 bridgehead atoms. The van der Waals surface area contributed by atoms with Crippen molar-refractivity contribution in [3.63, 3.8) is 0 Å². The van der Waals surface area contributed by atoms with Gasteiger partial charge >= 0.3 is 0 Å². The predicted molar refractivity (Wildman–Crippen MR) is 57.8 cm³/mol. The Balaban J connectivity index is 2.06. The average Bonchev–Trinajstić information content (AvgIpc) is 2.19. The van der Waals surface area contributed by atoms with E-state index >= 15 is 0 Å². The summed E-state index contributed by atoms with van der Waals surface area (Å²) in [6, 6.07) is 0. The molecule has 0 aliphatic carbocycles. The van der Waals surface area contributed by atoms with Gasteiger partial charge < -0.3 is 9.64 Å². The van der Waals surface area contributed by atoms with Gasteiger partial charge in [0.2, 0.25) is 0 Å². The summed E-state index contributed by atoms with van der Waals surface area (Å²) in [7, 11) is 0. The molecule has 2 aliphatic heterocycles. The minimum absolute atomic E-state index is 0.465. The molecule has 78 valence electrons. The molecule has 4 heteroatoms. The number of rotatable bonds is 0. The van der Waals surface area contributed by atoms with Crippen LogP contribution in [0.5, 0.6) is 0 Å². The molecule has 0 aromatic carbocycles. The first kappa shape index (κ1) is 9.99. The lowest BCUT2D eigenvalue weighted by Crippen LogP contribution is -2.42. The van der Waals surface area contributed by atoms with Gasteiger partial charge in [-0.2, -0.15) is 0 Å². The highest BCUT2D eigenvalue weighted by Gasteiger charge is 2.20. The van der Waals surface area contributed by atoms with Gasteiger partial charge in [-0.25, -0.2) is 0 Å². The fourth-order valence-electron chi connectivity index (χ4n) is 1.71. The number of halogens is 1. The fraction of sp³-hybridized carbons (Fsp3) is 0.700. The van der Waals surface area contributed by atoms with Crippen LogP contribution in [0, 0.1) is 5.92 Å². The normalized spacial score (nSPS) is 28.4. The van der Waals surface area contributed by atoms with Crippen LogP contribution in [0.4, 0.5) is 0 Å². The van der Waals surface area contributed by atoms with Crippen molar-refractivity contribution >= 4 is 17.4 Å². The van der Waals surface area contributed by atoms with E-state index < -0.39 is 0 Å². The van der Waals surface area contributed by atoms with Crippen molar-refractivity contribution in [2.75, 3.05) is 32.8 Å². The molecule has 2 aliphatic rings. The van der Waals surface area contributed by atoms with E-state index in [0.717, 1.165) is 43.7 Å². The molecular formula is C10H15ClN2O. The van der Waals surface area contributed by atoms with Crippen molar-refractivity contribution in [2.24, 2.45) is 10.9 Å². The molecule has 0 aromatic rings. The largest absolute Gasteiger partial charge is 0.378 e. The molecule has 0 radical (unpaired) electrons. The lowest BCUT2D eigenvalue weighted by Gasteiger charge is -2.31. The predicted octanol–water partition coefficient (Wildman–Crippen LogP) is 1.49. The van der Waals surface area contributed by atoms with Crippen LogP contribution in [0.3, 0.4) is 0 Å². The van der Waals surface area contributed by atoms with Crippen molar-refractivity contribution in [1.29, 1.82) is 0 Å². The molecular weight excluding hydrogens is 200 g/mol. The first-order valence-corrected chi connectivity index (χ1v) is 5.40. The molecule has 1 fully saturated rings. The summed E-state index contributed by atoms with van der Waals surface area (Å²) >= 11 is 6.16. The number of nitrogens with zero attached hydrogens (tertiary/aromatic N) is 2. The minimum atomic E-state index is 0.465. The van der Waals surface area contributed by atoms with Crippen LogP contribution in [-0.2, 0) is 4.74 Å². The first-order chi connectivity index (χ1) is 6.77. The highest BCUT2D eigenvalue weighted by Crippen LogP contribution is 2.18. The Morgan fingerprint density at radius 2 is 2.21 bits per heavy atom. The molecule has 3 nitrogen and oxygen atoms in total. The van der Waals surface area contributed by atoms with E-state index in [0.29, 0.717) is 5.92 Å². The summed E-state index contributed by atoms with van der Waals surface area (Å²) in [6.45, 7) is 6.33. The van der Waals surface area contributed by atoms with Gasteiger partial charge in [0.05, 0.1) is 18.2 Å². The molecule has 0 N–H and O–H groups in total. The molecule has 0 amide bonds. The van der Waals surface area contributed by atoms with E-state index in [1.165, 1.54) is 0 Å². The maximum atomic E-state index is 6.16. The second-order valence-corrected chi connectivity index (χ2v) is 4.16. The summed E-state index contributed by atoms with van der Waals surface area (Å²) in [5.41, 5.74) is 0. The Morgan fingerprint density at radius 1 is 1.50 bits per heavy atom. The summed E-state index contributed by atoms with van der Waals surface area (Å²) in [5, 5.41) is 0.797. The highest BCUT2D eigenvalue weighted by molar-refractivity contribution is 6.43. The van der Waals surface area contributed by atoms with Crippen LogP contribution in [0.25, 0.3) is 0 Å². The molecule has 0 aromatic heterocycles.